The third-order valence-electron chi connectivity index (χ3n) is 4.27. The Hall–Kier alpha value is -2.35. The molecule has 0 amide bonds. The SMILES string of the molecule is CC(C)Cc1nc2c(N)nc3cc(C(F)(F)F)ccc3n2c1CC(C)(C)O. The molecule has 2 heterocycles. The van der Waals surface area contributed by atoms with E-state index in [0.29, 0.717) is 23.5 Å². The van der Waals surface area contributed by atoms with E-state index >= 15 is 0 Å². The van der Waals surface area contributed by atoms with Crippen molar-refractivity contribution in [1.29, 1.82) is 0 Å². The summed E-state index contributed by atoms with van der Waals surface area (Å²) in [7, 11) is 0. The van der Waals surface area contributed by atoms with Gasteiger partial charge in [0.25, 0.3) is 0 Å². The topological polar surface area (TPSA) is 76.4 Å². The maximum atomic E-state index is 13.1. The van der Waals surface area contributed by atoms with Crippen LogP contribution in [-0.2, 0) is 19.0 Å². The highest BCUT2D eigenvalue weighted by atomic mass is 19.4. The molecule has 146 valence electrons. The van der Waals surface area contributed by atoms with Crippen LogP contribution in [0.3, 0.4) is 0 Å². The number of fused-ring (bicyclic) bond motifs is 3. The minimum absolute atomic E-state index is 0.0637. The molecule has 0 aliphatic rings. The van der Waals surface area contributed by atoms with Crippen molar-refractivity contribution in [1.82, 2.24) is 14.4 Å². The van der Waals surface area contributed by atoms with Gasteiger partial charge >= 0.3 is 6.18 Å². The van der Waals surface area contributed by atoms with E-state index in [0.717, 1.165) is 23.5 Å². The molecule has 1 aromatic carbocycles. The summed E-state index contributed by atoms with van der Waals surface area (Å²) in [6.07, 6.45) is -3.52. The summed E-state index contributed by atoms with van der Waals surface area (Å²) in [5.74, 6) is 0.376. The number of hydrogen-bond donors (Lipinski definition) is 2. The van der Waals surface area contributed by atoms with Crippen molar-refractivity contribution in [2.75, 3.05) is 5.73 Å². The summed E-state index contributed by atoms with van der Waals surface area (Å²) in [6, 6.07) is 3.39. The van der Waals surface area contributed by atoms with Crippen molar-refractivity contribution in [3.8, 4) is 0 Å². The number of benzene rings is 1. The van der Waals surface area contributed by atoms with E-state index in [1.807, 2.05) is 13.8 Å². The lowest BCUT2D eigenvalue weighted by Crippen LogP contribution is -2.24. The van der Waals surface area contributed by atoms with Crippen LogP contribution in [0.2, 0.25) is 0 Å². The van der Waals surface area contributed by atoms with Gasteiger partial charge in [-0.05, 0) is 44.4 Å². The fraction of sp³-hybridized carbons (Fsp3) is 0.474. The van der Waals surface area contributed by atoms with Gasteiger partial charge in [0.2, 0.25) is 0 Å². The van der Waals surface area contributed by atoms with Crippen molar-refractivity contribution in [3.63, 3.8) is 0 Å². The van der Waals surface area contributed by atoms with Crippen LogP contribution in [0.25, 0.3) is 16.7 Å². The first-order valence-electron chi connectivity index (χ1n) is 8.76. The zero-order valence-electron chi connectivity index (χ0n) is 15.7. The summed E-state index contributed by atoms with van der Waals surface area (Å²) < 4.78 is 40.9. The second kappa shape index (κ2) is 6.37. The number of aliphatic hydroxyl groups is 1. The summed E-state index contributed by atoms with van der Waals surface area (Å²) in [4.78, 5) is 8.74. The fourth-order valence-corrected chi connectivity index (χ4v) is 3.23. The standard InChI is InChI=1S/C19H23F3N4O/c1-10(2)7-12-15(9-18(3,4)27)26-14-6-5-11(19(20,21)22)8-13(14)24-16(23)17(26)25-12/h5-6,8,10,27H,7,9H2,1-4H3,(H2,23,24). The molecule has 27 heavy (non-hydrogen) atoms. The quantitative estimate of drug-likeness (QED) is 0.717. The van der Waals surface area contributed by atoms with Crippen LogP contribution in [0.5, 0.6) is 0 Å². The maximum absolute atomic E-state index is 13.1. The van der Waals surface area contributed by atoms with Crippen LogP contribution >= 0.6 is 0 Å². The highest BCUT2D eigenvalue weighted by Gasteiger charge is 2.31. The van der Waals surface area contributed by atoms with Crippen molar-refractivity contribution >= 4 is 22.5 Å². The number of alkyl halides is 3. The van der Waals surface area contributed by atoms with Crippen LogP contribution < -0.4 is 5.73 Å². The Balaban J connectivity index is 2.36. The molecule has 5 nitrogen and oxygen atoms in total. The van der Waals surface area contributed by atoms with Gasteiger partial charge in [0.05, 0.1) is 27.9 Å². The summed E-state index contributed by atoms with van der Waals surface area (Å²) >= 11 is 0. The van der Waals surface area contributed by atoms with Crippen LogP contribution in [0.4, 0.5) is 19.0 Å². The number of nitrogens with zero attached hydrogens (tertiary/aromatic N) is 3. The van der Waals surface area contributed by atoms with Crippen LogP contribution in [-0.4, -0.2) is 25.1 Å². The van der Waals surface area contributed by atoms with Gasteiger partial charge in [0, 0.05) is 12.1 Å². The Bertz CT molecular complexity index is 1000. The predicted molar refractivity (Wildman–Crippen MR) is 98.5 cm³/mol. The zero-order chi connectivity index (χ0) is 20.1. The van der Waals surface area contributed by atoms with Gasteiger partial charge in [0.15, 0.2) is 11.5 Å². The van der Waals surface area contributed by atoms with Gasteiger partial charge < -0.3 is 10.8 Å². The Labute approximate surface area is 155 Å². The normalized spacial score (nSPS) is 13.2. The molecule has 0 fully saturated rings. The Morgan fingerprint density at radius 2 is 1.85 bits per heavy atom. The number of hydrogen-bond acceptors (Lipinski definition) is 4. The predicted octanol–water partition coefficient (Wildman–Crippen LogP) is 4.00. The van der Waals surface area contributed by atoms with Crippen LogP contribution in [0.15, 0.2) is 18.2 Å². The van der Waals surface area contributed by atoms with Crippen molar-refractivity contribution in [2.45, 2.75) is 52.3 Å². The minimum atomic E-state index is -4.47. The molecular formula is C19H23F3N4O. The lowest BCUT2D eigenvalue weighted by molar-refractivity contribution is -0.137. The fourth-order valence-electron chi connectivity index (χ4n) is 3.23. The van der Waals surface area contributed by atoms with E-state index in [1.165, 1.54) is 6.07 Å². The van der Waals surface area contributed by atoms with E-state index in [2.05, 4.69) is 9.97 Å². The lowest BCUT2D eigenvalue weighted by Gasteiger charge is -2.19. The van der Waals surface area contributed by atoms with Crippen LogP contribution in [0.1, 0.15) is 44.6 Å². The van der Waals surface area contributed by atoms with E-state index in [1.54, 1.807) is 18.2 Å². The average molecular weight is 380 g/mol. The largest absolute Gasteiger partial charge is 0.416 e. The van der Waals surface area contributed by atoms with Gasteiger partial charge in [-0.3, -0.25) is 4.40 Å². The molecular weight excluding hydrogens is 357 g/mol. The molecule has 0 saturated carbocycles. The zero-order valence-corrected chi connectivity index (χ0v) is 15.7. The third kappa shape index (κ3) is 3.85. The van der Waals surface area contributed by atoms with Gasteiger partial charge in [-0.1, -0.05) is 13.8 Å². The third-order valence-corrected chi connectivity index (χ3v) is 4.27. The first kappa shape index (κ1) is 19.4. The highest BCUT2D eigenvalue weighted by molar-refractivity contribution is 5.83. The molecule has 0 aliphatic heterocycles. The summed E-state index contributed by atoms with van der Waals surface area (Å²) in [5.41, 5.74) is 6.75. The average Bonchev–Trinajstić information content (AvgIpc) is 2.83. The number of rotatable bonds is 4. The molecule has 0 aliphatic carbocycles. The highest BCUT2D eigenvalue weighted by Crippen LogP contribution is 2.33. The summed E-state index contributed by atoms with van der Waals surface area (Å²) in [5, 5.41) is 10.4. The molecule has 0 spiro atoms. The van der Waals surface area contributed by atoms with Crippen LogP contribution in [0, 0.1) is 5.92 Å². The Morgan fingerprint density at radius 3 is 2.41 bits per heavy atom. The molecule has 3 N–H and O–H groups in total. The Morgan fingerprint density at radius 1 is 1.19 bits per heavy atom. The lowest BCUT2D eigenvalue weighted by atomic mass is 9.98. The Kier molecular flexibility index (Phi) is 4.58. The maximum Gasteiger partial charge on any atom is 0.416 e. The van der Waals surface area contributed by atoms with Gasteiger partial charge in [-0.15, -0.1) is 0 Å². The van der Waals surface area contributed by atoms with E-state index in [4.69, 9.17) is 5.73 Å². The molecule has 0 saturated heterocycles. The second-order valence-corrected chi connectivity index (χ2v) is 7.95. The summed E-state index contributed by atoms with van der Waals surface area (Å²) in [6.45, 7) is 7.46. The molecule has 0 unspecified atom stereocenters. The van der Waals surface area contributed by atoms with Crippen molar-refractivity contribution in [2.24, 2.45) is 5.92 Å². The molecule has 0 bridgehead atoms. The van der Waals surface area contributed by atoms with Crippen molar-refractivity contribution in [3.05, 3.63) is 35.2 Å². The first-order chi connectivity index (χ1) is 12.4. The molecule has 0 radical (unpaired) electrons. The van der Waals surface area contributed by atoms with E-state index in [9.17, 15) is 18.3 Å². The van der Waals surface area contributed by atoms with Gasteiger partial charge in [-0.2, -0.15) is 13.2 Å². The van der Waals surface area contributed by atoms with E-state index in [-0.39, 0.29) is 17.8 Å². The number of aromatic nitrogens is 3. The molecule has 3 rings (SSSR count). The van der Waals surface area contributed by atoms with Gasteiger partial charge in [-0.25, -0.2) is 9.97 Å². The molecule has 2 aromatic heterocycles. The van der Waals surface area contributed by atoms with Gasteiger partial charge in [0.1, 0.15) is 0 Å². The number of nitrogen functional groups attached to an aromatic ring is 1. The number of imidazole rings is 1. The number of anilines is 1. The monoisotopic (exact) mass is 380 g/mol. The molecule has 8 heteroatoms. The number of nitrogens with two attached hydrogens (primary N) is 1. The minimum Gasteiger partial charge on any atom is -0.390 e. The number of halogens is 3. The molecule has 0 atom stereocenters. The second-order valence-electron chi connectivity index (χ2n) is 7.95. The van der Waals surface area contributed by atoms with Crippen molar-refractivity contribution < 1.29 is 18.3 Å². The first-order valence-corrected chi connectivity index (χ1v) is 8.76. The smallest absolute Gasteiger partial charge is 0.390 e. The van der Waals surface area contributed by atoms with E-state index < -0.39 is 17.3 Å². The molecule has 3 aromatic rings.